The SMILES string of the molecule is O=C(Nc1ccc(CC(=O)N2CCN(c3ncccn3)CC2)cc1)c1ncoc1-c1cccs1. The number of oxazole rings is 1. The number of benzene rings is 1. The van der Waals surface area contributed by atoms with Crippen molar-refractivity contribution < 1.29 is 14.0 Å². The fourth-order valence-corrected chi connectivity index (χ4v) is 4.50. The van der Waals surface area contributed by atoms with Crippen LogP contribution in [0.2, 0.25) is 0 Å². The third-order valence-electron chi connectivity index (χ3n) is 5.56. The van der Waals surface area contributed by atoms with Crippen LogP contribution in [-0.4, -0.2) is 57.8 Å². The molecule has 2 amide bonds. The largest absolute Gasteiger partial charge is 0.442 e. The minimum atomic E-state index is -0.346. The smallest absolute Gasteiger partial charge is 0.278 e. The van der Waals surface area contributed by atoms with E-state index >= 15 is 0 Å². The number of anilines is 2. The molecule has 1 fully saturated rings. The van der Waals surface area contributed by atoms with Crippen molar-refractivity contribution in [1.29, 1.82) is 0 Å². The van der Waals surface area contributed by atoms with E-state index in [2.05, 4.69) is 25.2 Å². The fraction of sp³-hybridized carbons (Fsp3) is 0.208. The molecule has 1 N–H and O–H groups in total. The van der Waals surface area contributed by atoms with Gasteiger partial charge in [-0.15, -0.1) is 11.3 Å². The van der Waals surface area contributed by atoms with Crippen LogP contribution in [0.4, 0.5) is 11.6 Å². The predicted octanol–water partition coefficient (Wildman–Crippen LogP) is 3.34. The molecule has 1 aromatic carbocycles. The Morgan fingerprint density at radius 1 is 0.971 bits per heavy atom. The summed E-state index contributed by atoms with van der Waals surface area (Å²) >= 11 is 1.48. The van der Waals surface area contributed by atoms with Crippen molar-refractivity contribution in [2.75, 3.05) is 36.4 Å². The van der Waals surface area contributed by atoms with Gasteiger partial charge in [-0.05, 0) is 35.2 Å². The van der Waals surface area contributed by atoms with E-state index in [0.717, 1.165) is 10.4 Å². The van der Waals surface area contributed by atoms with E-state index in [9.17, 15) is 9.59 Å². The molecule has 10 heteroatoms. The number of carbonyl (C=O) groups is 2. The average Bonchev–Trinajstić information content (AvgIpc) is 3.58. The molecule has 172 valence electrons. The zero-order valence-corrected chi connectivity index (χ0v) is 19.1. The summed E-state index contributed by atoms with van der Waals surface area (Å²) in [5.41, 5.74) is 1.75. The molecule has 0 unspecified atom stereocenters. The number of nitrogens with zero attached hydrogens (tertiary/aromatic N) is 5. The number of aromatic nitrogens is 3. The Hall–Kier alpha value is -4.05. The van der Waals surface area contributed by atoms with Crippen LogP contribution < -0.4 is 10.2 Å². The molecule has 4 aromatic rings. The van der Waals surface area contributed by atoms with Crippen LogP contribution in [0.3, 0.4) is 0 Å². The highest BCUT2D eigenvalue weighted by atomic mass is 32.1. The van der Waals surface area contributed by atoms with Crippen molar-refractivity contribution in [3.8, 4) is 10.6 Å². The van der Waals surface area contributed by atoms with Crippen LogP contribution in [0.1, 0.15) is 16.1 Å². The molecule has 4 heterocycles. The molecule has 1 saturated heterocycles. The molecule has 0 atom stereocenters. The topological polar surface area (TPSA) is 104 Å². The molecule has 0 radical (unpaired) electrons. The first-order chi connectivity index (χ1) is 16.7. The lowest BCUT2D eigenvalue weighted by Crippen LogP contribution is -2.49. The molecule has 34 heavy (non-hydrogen) atoms. The van der Waals surface area contributed by atoms with E-state index in [1.54, 1.807) is 30.6 Å². The first kappa shape index (κ1) is 21.8. The normalized spacial score (nSPS) is 13.6. The molecule has 9 nitrogen and oxygen atoms in total. The summed E-state index contributed by atoms with van der Waals surface area (Å²) in [6.07, 6.45) is 5.02. The van der Waals surface area contributed by atoms with Gasteiger partial charge < -0.3 is 19.5 Å². The second-order valence-electron chi connectivity index (χ2n) is 7.75. The number of carbonyl (C=O) groups excluding carboxylic acids is 2. The van der Waals surface area contributed by atoms with Gasteiger partial charge in [-0.2, -0.15) is 0 Å². The van der Waals surface area contributed by atoms with Crippen molar-refractivity contribution in [3.05, 3.63) is 77.9 Å². The van der Waals surface area contributed by atoms with Crippen molar-refractivity contribution in [2.45, 2.75) is 6.42 Å². The molecular formula is C24H22N6O3S. The van der Waals surface area contributed by atoms with E-state index in [0.29, 0.717) is 50.0 Å². The Bertz CT molecular complexity index is 1250. The summed E-state index contributed by atoms with van der Waals surface area (Å²) in [6, 6.07) is 12.8. The van der Waals surface area contributed by atoms with Gasteiger partial charge in [0.2, 0.25) is 11.9 Å². The lowest BCUT2D eigenvalue weighted by Gasteiger charge is -2.34. The van der Waals surface area contributed by atoms with E-state index in [1.807, 2.05) is 34.5 Å². The second kappa shape index (κ2) is 9.84. The molecule has 0 saturated carbocycles. The monoisotopic (exact) mass is 474 g/mol. The standard InChI is InChI=1S/C24H22N6O3S/c31-20(29-10-12-30(13-11-29)24-25-8-2-9-26-24)15-17-4-6-18(7-5-17)28-23(32)21-22(33-16-27-21)19-3-1-14-34-19/h1-9,14,16H,10-13,15H2,(H,28,32). The highest BCUT2D eigenvalue weighted by molar-refractivity contribution is 7.13. The van der Waals surface area contributed by atoms with Gasteiger partial charge in [0, 0.05) is 44.3 Å². The highest BCUT2D eigenvalue weighted by Crippen LogP contribution is 2.28. The summed E-state index contributed by atoms with van der Waals surface area (Å²) in [5.74, 6) is 0.879. The van der Waals surface area contributed by atoms with Crippen LogP contribution >= 0.6 is 11.3 Å². The van der Waals surface area contributed by atoms with Crippen LogP contribution in [0.5, 0.6) is 0 Å². The molecular weight excluding hydrogens is 452 g/mol. The highest BCUT2D eigenvalue weighted by Gasteiger charge is 2.23. The number of piperazine rings is 1. The van der Waals surface area contributed by atoms with Gasteiger partial charge in [0.1, 0.15) is 0 Å². The van der Waals surface area contributed by atoms with Gasteiger partial charge in [-0.3, -0.25) is 9.59 Å². The number of nitrogens with one attached hydrogen (secondary N) is 1. The first-order valence-electron chi connectivity index (χ1n) is 10.8. The Kier molecular flexibility index (Phi) is 6.30. The van der Waals surface area contributed by atoms with Crippen molar-refractivity contribution in [1.82, 2.24) is 19.9 Å². The van der Waals surface area contributed by atoms with Gasteiger partial charge >= 0.3 is 0 Å². The maximum Gasteiger partial charge on any atom is 0.278 e. The van der Waals surface area contributed by atoms with Gasteiger partial charge in [0.15, 0.2) is 17.8 Å². The van der Waals surface area contributed by atoms with Gasteiger partial charge in [0.05, 0.1) is 11.3 Å². The van der Waals surface area contributed by atoms with Crippen LogP contribution in [-0.2, 0) is 11.2 Å². The first-order valence-corrected chi connectivity index (χ1v) is 11.7. The van der Waals surface area contributed by atoms with E-state index < -0.39 is 0 Å². The second-order valence-corrected chi connectivity index (χ2v) is 8.70. The molecule has 0 spiro atoms. The van der Waals surface area contributed by atoms with Gasteiger partial charge in [-0.1, -0.05) is 18.2 Å². The van der Waals surface area contributed by atoms with Crippen LogP contribution in [0.15, 0.2) is 71.0 Å². The minimum Gasteiger partial charge on any atom is -0.442 e. The molecule has 1 aliphatic rings. The average molecular weight is 475 g/mol. The summed E-state index contributed by atoms with van der Waals surface area (Å²) in [6.45, 7) is 2.68. The number of amides is 2. The lowest BCUT2D eigenvalue weighted by molar-refractivity contribution is -0.130. The maximum absolute atomic E-state index is 12.8. The number of thiophene rings is 1. The quantitative estimate of drug-likeness (QED) is 0.457. The van der Waals surface area contributed by atoms with Crippen molar-refractivity contribution in [3.63, 3.8) is 0 Å². The Balaban J connectivity index is 1.15. The third kappa shape index (κ3) is 4.81. The van der Waals surface area contributed by atoms with Crippen LogP contribution in [0.25, 0.3) is 10.6 Å². The van der Waals surface area contributed by atoms with E-state index in [1.165, 1.54) is 17.7 Å². The molecule has 0 bridgehead atoms. The zero-order chi connectivity index (χ0) is 23.3. The Morgan fingerprint density at radius 2 is 1.74 bits per heavy atom. The summed E-state index contributed by atoms with van der Waals surface area (Å²) in [4.78, 5) is 42.9. The van der Waals surface area contributed by atoms with E-state index in [-0.39, 0.29) is 17.5 Å². The number of hydrogen-bond donors (Lipinski definition) is 1. The summed E-state index contributed by atoms with van der Waals surface area (Å²) < 4.78 is 5.41. The van der Waals surface area contributed by atoms with Crippen LogP contribution in [0, 0.1) is 0 Å². The summed E-state index contributed by atoms with van der Waals surface area (Å²) in [5, 5.41) is 4.76. The molecule has 0 aliphatic carbocycles. The lowest BCUT2D eigenvalue weighted by atomic mass is 10.1. The predicted molar refractivity (Wildman–Crippen MR) is 129 cm³/mol. The number of rotatable bonds is 6. The number of hydrogen-bond acceptors (Lipinski definition) is 8. The zero-order valence-electron chi connectivity index (χ0n) is 18.3. The molecule has 3 aromatic heterocycles. The van der Waals surface area contributed by atoms with Crippen molar-refractivity contribution in [2.24, 2.45) is 0 Å². The molecule has 1 aliphatic heterocycles. The fourth-order valence-electron chi connectivity index (χ4n) is 3.78. The van der Waals surface area contributed by atoms with Crippen molar-refractivity contribution >= 4 is 34.8 Å². The van der Waals surface area contributed by atoms with E-state index in [4.69, 9.17) is 4.42 Å². The third-order valence-corrected chi connectivity index (χ3v) is 6.43. The Morgan fingerprint density at radius 3 is 2.44 bits per heavy atom. The Labute approximate surface area is 200 Å². The summed E-state index contributed by atoms with van der Waals surface area (Å²) in [7, 11) is 0. The van der Waals surface area contributed by atoms with Gasteiger partial charge in [-0.25, -0.2) is 15.0 Å². The maximum atomic E-state index is 12.8. The van der Waals surface area contributed by atoms with Gasteiger partial charge in [0.25, 0.3) is 5.91 Å². The molecule has 5 rings (SSSR count). The minimum absolute atomic E-state index is 0.0774.